The molecule has 0 aliphatic heterocycles. The van der Waals surface area contributed by atoms with Gasteiger partial charge in [0.25, 0.3) is 0 Å². The Kier molecular flexibility index (Phi) is 4.69. The second-order valence-electron chi connectivity index (χ2n) is 4.28. The summed E-state index contributed by atoms with van der Waals surface area (Å²) in [6.07, 6.45) is 0. The zero-order valence-corrected chi connectivity index (χ0v) is 10.4. The van der Waals surface area contributed by atoms with Crippen LogP contribution in [0.3, 0.4) is 0 Å². The summed E-state index contributed by atoms with van der Waals surface area (Å²) in [6, 6.07) is 8.68. The minimum absolute atomic E-state index is 0.0441. The number of rotatable bonds is 4. The third-order valence-electron chi connectivity index (χ3n) is 2.35. The zero-order valence-electron chi connectivity index (χ0n) is 10.4. The number of para-hydroxylation sites is 1. The van der Waals surface area contributed by atoms with Gasteiger partial charge in [0.15, 0.2) is 0 Å². The number of amides is 2. The molecule has 1 aromatic carbocycles. The van der Waals surface area contributed by atoms with Gasteiger partial charge in [0.05, 0.1) is 0 Å². The molecule has 4 heteroatoms. The molecule has 0 aliphatic rings. The lowest BCUT2D eigenvalue weighted by atomic mass is 10.0. The van der Waals surface area contributed by atoms with Crippen molar-refractivity contribution in [3.63, 3.8) is 0 Å². The summed E-state index contributed by atoms with van der Waals surface area (Å²) in [4.78, 5) is 23.0. The first kappa shape index (κ1) is 13.2. The molecule has 0 unspecified atom stereocenters. The third-order valence-corrected chi connectivity index (χ3v) is 2.35. The van der Waals surface area contributed by atoms with Gasteiger partial charge in [-0.05, 0) is 18.1 Å². The molecule has 17 heavy (non-hydrogen) atoms. The first-order valence-electron chi connectivity index (χ1n) is 5.63. The van der Waals surface area contributed by atoms with Crippen molar-refractivity contribution in [1.29, 1.82) is 0 Å². The zero-order chi connectivity index (χ0) is 12.8. The van der Waals surface area contributed by atoms with Crippen LogP contribution in [0.4, 0.5) is 5.69 Å². The summed E-state index contributed by atoms with van der Waals surface area (Å²) in [5.74, 6) is -0.351. The van der Waals surface area contributed by atoms with Crippen LogP contribution in [0.1, 0.15) is 20.8 Å². The van der Waals surface area contributed by atoms with Crippen LogP contribution in [-0.2, 0) is 9.59 Å². The van der Waals surface area contributed by atoms with E-state index < -0.39 is 6.04 Å². The summed E-state index contributed by atoms with van der Waals surface area (Å²) in [5.41, 5.74) is 0.730. The standard InChI is InChI=1S/C13H18N2O2/c1-9(2)12(14-10(3)16)13(17)15-11-7-5-4-6-8-11/h4-9,12H,1-3H3,(H,14,16)(H,15,17)/t12-/m0/s1. The smallest absolute Gasteiger partial charge is 0.247 e. The van der Waals surface area contributed by atoms with E-state index in [-0.39, 0.29) is 17.7 Å². The molecule has 0 bridgehead atoms. The summed E-state index contributed by atoms with van der Waals surface area (Å²) in [5, 5.41) is 5.42. The molecule has 92 valence electrons. The number of carbonyl (C=O) groups is 2. The number of anilines is 1. The highest BCUT2D eigenvalue weighted by Crippen LogP contribution is 2.09. The summed E-state index contributed by atoms with van der Waals surface area (Å²) >= 11 is 0. The van der Waals surface area contributed by atoms with Crippen LogP contribution in [-0.4, -0.2) is 17.9 Å². The van der Waals surface area contributed by atoms with Gasteiger partial charge in [-0.2, -0.15) is 0 Å². The Balaban J connectivity index is 2.69. The Morgan fingerprint density at radius 1 is 1.12 bits per heavy atom. The largest absolute Gasteiger partial charge is 0.344 e. The molecular weight excluding hydrogens is 216 g/mol. The second kappa shape index (κ2) is 6.03. The number of carbonyl (C=O) groups excluding carboxylic acids is 2. The van der Waals surface area contributed by atoms with Crippen molar-refractivity contribution < 1.29 is 9.59 Å². The molecule has 0 heterocycles. The number of nitrogens with one attached hydrogen (secondary N) is 2. The summed E-state index contributed by atoms with van der Waals surface area (Å²) in [6.45, 7) is 5.20. The fourth-order valence-corrected chi connectivity index (χ4v) is 1.50. The Bertz CT molecular complexity index is 388. The molecule has 0 aromatic heterocycles. The second-order valence-corrected chi connectivity index (χ2v) is 4.28. The predicted octanol–water partition coefficient (Wildman–Crippen LogP) is 1.79. The van der Waals surface area contributed by atoms with E-state index in [4.69, 9.17) is 0 Å². The molecular formula is C13H18N2O2. The molecule has 0 spiro atoms. The van der Waals surface area contributed by atoms with E-state index in [2.05, 4.69) is 10.6 Å². The molecule has 0 radical (unpaired) electrons. The van der Waals surface area contributed by atoms with E-state index >= 15 is 0 Å². The minimum atomic E-state index is -0.507. The molecule has 4 nitrogen and oxygen atoms in total. The van der Waals surface area contributed by atoms with Crippen molar-refractivity contribution in [3.05, 3.63) is 30.3 Å². The van der Waals surface area contributed by atoms with Crippen molar-refractivity contribution in [1.82, 2.24) is 5.32 Å². The quantitative estimate of drug-likeness (QED) is 0.834. The Labute approximate surface area is 101 Å². The van der Waals surface area contributed by atoms with Gasteiger partial charge in [-0.3, -0.25) is 9.59 Å². The van der Waals surface area contributed by atoms with E-state index in [9.17, 15) is 9.59 Å². The SMILES string of the molecule is CC(=O)N[C@H](C(=O)Nc1ccccc1)C(C)C. The first-order chi connectivity index (χ1) is 8.00. The highest BCUT2D eigenvalue weighted by atomic mass is 16.2. The van der Waals surface area contributed by atoms with E-state index in [0.717, 1.165) is 5.69 Å². The predicted molar refractivity (Wildman–Crippen MR) is 67.5 cm³/mol. The van der Waals surface area contributed by atoms with Crippen LogP contribution < -0.4 is 10.6 Å². The minimum Gasteiger partial charge on any atom is -0.344 e. The highest BCUT2D eigenvalue weighted by molar-refractivity contribution is 5.97. The van der Waals surface area contributed by atoms with Crippen LogP contribution in [0.15, 0.2) is 30.3 Å². The van der Waals surface area contributed by atoms with Crippen molar-refractivity contribution in [2.75, 3.05) is 5.32 Å². The molecule has 0 saturated carbocycles. The van der Waals surface area contributed by atoms with Gasteiger partial charge < -0.3 is 10.6 Å². The van der Waals surface area contributed by atoms with Crippen molar-refractivity contribution in [3.8, 4) is 0 Å². The van der Waals surface area contributed by atoms with Gasteiger partial charge in [0.1, 0.15) is 6.04 Å². The van der Waals surface area contributed by atoms with Gasteiger partial charge in [-0.1, -0.05) is 32.0 Å². The average molecular weight is 234 g/mol. The average Bonchev–Trinajstić information content (AvgIpc) is 2.26. The normalized spacial score (nSPS) is 12.0. The molecule has 0 fully saturated rings. The summed E-state index contributed by atoms with van der Waals surface area (Å²) < 4.78 is 0. The molecule has 0 saturated heterocycles. The van der Waals surface area contributed by atoms with Crippen LogP contribution in [0.25, 0.3) is 0 Å². The Hall–Kier alpha value is -1.84. The monoisotopic (exact) mass is 234 g/mol. The fraction of sp³-hybridized carbons (Fsp3) is 0.385. The lowest BCUT2D eigenvalue weighted by Gasteiger charge is -2.20. The van der Waals surface area contributed by atoms with E-state index in [1.165, 1.54) is 6.92 Å². The summed E-state index contributed by atoms with van der Waals surface area (Å²) in [7, 11) is 0. The van der Waals surface area contributed by atoms with Crippen molar-refractivity contribution >= 4 is 17.5 Å². The number of hydrogen-bond acceptors (Lipinski definition) is 2. The van der Waals surface area contributed by atoms with Gasteiger partial charge in [-0.25, -0.2) is 0 Å². The third kappa shape index (κ3) is 4.26. The van der Waals surface area contributed by atoms with Gasteiger partial charge in [0, 0.05) is 12.6 Å². The molecule has 0 aliphatic carbocycles. The lowest BCUT2D eigenvalue weighted by Crippen LogP contribution is -2.46. The van der Waals surface area contributed by atoms with E-state index in [0.29, 0.717) is 0 Å². The fourth-order valence-electron chi connectivity index (χ4n) is 1.50. The van der Waals surface area contributed by atoms with Crippen LogP contribution in [0.2, 0.25) is 0 Å². The maximum absolute atomic E-state index is 12.0. The lowest BCUT2D eigenvalue weighted by molar-refractivity contribution is -0.126. The van der Waals surface area contributed by atoms with Crippen LogP contribution in [0.5, 0.6) is 0 Å². The topological polar surface area (TPSA) is 58.2 Å². The Morgan fingerprint density at radius 2 is 1.71 bits per heavy atom. The maximum atomic E-state index is 12.0. The van der Waals surface area contributed by atoms with Crippen molar-refractivity contribution in [2.45, 2.75) is 26.8 Å². The molecule has 2 N–H and O–H groups in total. The number of hydrogen-bond donors (Lipinski definition) is 2. The van der Waals surface area contributed by atoms with Crippen LogP contribution in [0, 0.1) is 5.92 Å². The van der Waals surface area contributed by atoms with Gasteiger partial charge in [0.2, 0.25) is 11.8 Å². The Morgan fingerprint density at radius 3 is 2.18 bits per heavy atom. The van der Waals surface area contributed by atoms with Gasteiger partial charge >= 0.3 is 0 Å². The molecule has 1 atom stereocenters. The van der Waals surface area contributed by atoms with Crippen LogP contribution >= 0.6 is 0 Å². The van der Waals surface area contributed by atoms with E-state index in [1.54, 1.807) is 0 Å². The van der Waals surface area contributed by atoms with E-state index in [1.807, 2.05) is 44.2 Å². The molecule has 1 rings (SSSR count). The molecule has 2 amide bonds. The molecule has 1 aromatic rings. The van der Waals surface area contributed by atoms with Gasteiger partial charge in [-0.15, -0.1) is 0 Å². The first-order valence-corrected chi connectivity index (χ1v) is 5.63. The van der Waals surface area contributed by atoms with Crippen molar-refractivity contribution in [2.24, 2.45) is 5.92 Å². The maximum Gasteiger partial charge on any atom is 0.247 e. The number of benzene rings is 1. The highest BCUT2D eigenvalue weighted by Gasteiger charge is 2.22.